The van der Waals surface area contributed by atoms with E-state index in [1.165, 1.54) is 0 Å². The third-order valence-electron chi connectivity index (χ3n) is 3.09. The summed E-state index contributed by atoms with van der Waals surface area (Å²) in [6.07, 6.45) is 1.63. The highest BCUT2D eigenvalue weighted by Gasteiger charge is 2.07. The van der Waals surface area contributed by atoms with Gasteiger partial charge in [0.25, 0.3) is 5.24 Å². The molecule has 0 radical (unpaired) electrons. The Bertz CT molecular complexity index is 707. The Labute approximate surface area is 138 Å². The number of hydrogen-bond donors (Lipinski definition) is 3. The summed E-state index contributed by atoms with van der Waals surface area (Å²) in [6.45, 7) is 3.85. The third-order valence-corrected chi connectivity index (χ3v) is 3.86. The zero-order valence-electron chi connectivity index (χ0n) is 12.2. The largest absolute Gasteiger partial charge is 0.507 e. The molecule has 1 amide bonds. The summed E-state index contributed by atoms with van der Waals surface area (Å²) in [5, 5.41) is 12.3. The van der Waals surface area contributed by atoms with Gasteiger partial charge in [0, 0.05) is 28.3 Å². The number of carbonyl (C=O) groups is 1. The van der Waals surface area contributed by atoms with Crippen LogP contribution in [0.5, 0.6) is 5.75 Å². The maximum atomic E-state index is 11.4. The number of aromatic hydroxyl groups is 1. The van der Waals surface area contributed by atoms with Crippen LogP contribution in [0.1, 0.15) is 16.7 Å². The van der Waals surface area contributed by atoms with Gasteiger partial charge in [-0.25, -0.2) is 0 Å². The predicted molar refractivity (Wildman–Crippen MR) is 96.9 cm³/mol. The quantitative estimate of drug-likeness (QED) is 0.427. The Hall–Kier alpha value is -1.92. The minimum atomic E-state index is -0.229. The summed E-state index contributed by atoms with van der Waals surface area (Å²) in [5.41, 5.74) is 4.06. The molecule has 0 aliphatic carbocycles. The van der Waals surface area contributed by atoms with Gasteiger partial charge in [-0.05, 0) is 49.2 Å². The third kappa shape index (κ3) is 4.05. The van der Waals surface area contributed by atoms with E-state index in [2.05, 4.69) is 22.0 Å². The van der Waals surface area contributed by atoms with Crippen LogP contribution < -0.4 is 5.32 Å². The molecule has 0 bridgehead atoms. The van der Waals surface area contributed by atoms with Crippen molar-refractivity contribution in [2.45, 2.75) is 13.8 Å². The molecule has 0 heterocycles. The zero-order chi connectivity index (χ0) is 16.1. The first kappa shape index (κ1) is 16.5. The molecule has 114 valence electrons. The van der Waals surface area contributed by atoms with Gasteiger partial charge in [-0.3, -0.25) is 9.79 Å². The van der Waals surface area contributed by atoms with Crippen LogP contribution in [0.2, 0.25) is 0 Å². The van der Waals surface area contributed by atoms with E-state index in [-0.39, 0.29) is 11.0 Å². The van der Waals surface area contributed by atoms with Crippen LogP contribution in [0.4, 0.5) is 16.2 Å². The van der Waals surface area contributed by atoms with Crippen LogP contribution in [0.25, 0.3) is 0 Å². The Kier molecular flexibility index (Phi) is 5.51. The molecular formula is C16H16N2O2S2. The highest BCUT2D eigenvalue weighted by atomic mass is 33.1. The van der Waals surface area contributed by atoms with Gasteiger partial charge < -0.3 is 10.4 Å². The zero-order valence-corrected chi connectivity index (χ0v) is 13.9. The average molecular weight is 332 g/mol. The number of aryl methyl sites for hydroxylation is 2. The summed E-state index contributed by atoms with van der Waals surface area (Å²) < 4.78 is 0. The molecule has 0 atom stereocenters. The van der Waals surface area contributed by atoms with Gasteiger partial charge in [0.1, 0.15) is 5.75 Å². The molecule has 4 nitrogen and oxygen atoms in total. The van der Waals surface area contributed by atoms with Crippen molar-refractivity contribution in [3.63, 3.8) is 0 Å². The maximum Gasteiger partial charge on any atom is 0.293 e. The van der Waals surface area contributed by atoms with E-state index in [0.717, 1.165) is 27.6 Å². The van der Waals surface area contributed by atoms with Crippen molar-refractivity contribution in [1.29, 1.82) is 0 Å². The Balaban J connectivity index is 2.29. The SMILES string of the molecule is Cc1cc(NC(=O)SS)cc(C)c1N=Cc1ccccc1O. The second-order valence-electron chi connectivity index (χ2n) is 4.78. The molecule has 2 rings (SSSR count). The van der Waals surface area contributed by atoms with E-state index >= 15 is 0 Å². The van der Waals surface area contributed by atoms with Crippen molar-refractivity contribution >= 4 is 45.3 Å². The van der Waals surface area contributed by atoms with Crippen molar-refractivity contribution < 1.29 is 9.90 Å². The standard InChI is InChI=1S/C16H16N2O2S2/c1-10-7-13(18-16(20)22-21)8-11(2)15(10)17-9-12-5-3-4-6-14(12)19/h3-9,19,21H,1-2H3,(H,18,20). The summed E-state index contributed by atoms with van der Waals surface area (Å²) in [4.78, 5) is 15.8. The molecule has 0 saturated carbocycles. The number of nitrogens with zero attached hydrogens (tertiary/aromatic N) is 1. The number of para-hydroxylation sites is 1. The van der Waals surface area contributed by atoms with E-state index in [1.54, 1.807) is 24.4 Å². The van der Waals surface area contributed by atoms with Crippen LogP contribution in [0.15, 0.2) is 41.4 Å². The first-order valence-electron chi connectivity index (χ1n) is 6.57. The molecule has 2 aromatic rings. The molecule has 2 N–H and O–H groups in total. The molecule has 0 aliphatic heterocycles. The Morgan fingerprint density at radius 2 is 1.91 bits per heavy atom. The van der Waals surface area contributed by atoms with Gasteiger partial charge >= 0.3 is 0 Å². The van der Waals surface area contributed by atoms with Crippen LogP contribution in [-0.4, -0.2) is 16.6 Å². The van der Waals surface area contributed by atoms with Crippen LogP contribution >= 0.6 is 22.5 Å². The first-order chi connectivity index (χ1) is 10.5. The number of phenols is 1. The average Bonchev–Trinajstić information content (AvgIpc) is 2.48. The number of aliphatic imine (C=N–C) groups is 1. The lowest BCUT2D eigenvalue weighted by Gasteiger charge is -2.09. The van der Waals surface area contributed by atoms with Gasteiger partial charge in [-0.15, -0.1) is 11.7 Å². The lowest BCUT2D eigenvalue weighted by atomic mass is 10.1. The molecule has 0 spiro atoms. The van der Waals surface area contributed by atoms with Crippen LogP contribution in [0.3, 0.4) is 0 Å². The molecule has 0 aliphatic rings. The van der Waals surface area contributed by atoms with Crippen LogP contribution in [-0.2, 0) is 0 Å². The van der Waals surface area contributed by atoms with E-state index in [4.69, 9.17) is 0 Å². The maximum absolute atomic E-state index is 11.4. The molecule has 0 unspecified atom stereocenters. The first-order valence-corrected chi connectivity index (χ1v) is 8.44. The van der Waals surface area contributed by atoms with Crippen molar-refractivity contribution in [1.82, 2.24) is 0 Å². The molecule has 6 heteroatoms. The number of benzene rings is 2. The smallest absolute Gasteiger partial charge is 0.293 e. The minimum Gasteiger partial charge on any atom is -0.507 e. The van der Waals surface area contributed by atoms with Gasteiger partial charge in [0.05, 0.1) is 5.69 Å². The van der Waals surface area contributed by atoms with E-state index in [0.29, 0.717) is 11.3 Å². The summed E-state index contributed by atoms with van der Waals surface area (Å²) >= 11 is 3.86. The molecule has 0 saturated heterocycles. The fraction of sp³-hybridized carbons (Fsp3) is 0.125. The van der Waals surface area contributed by atoms with Gasteiger partial charge in [0.2, 0.25) is 0 Å². The number of rotatable bonds is 3. The molecular weight excluding hydrogens is 316 g/mol. The van der Waals surface area contributed by atoms with Gasteiger partial charge in [-0.2, -0.15) is 0 Å². The Morgan fingerprint density at radius 3 is 2.50 bits per heavy atom. The van der Waals surface area contributed by atoms with E-state index in [9.17, 15) is 9.90 Å². The van der Waals surface area contributed by atoms with Crippen molar-refractivity contribution in [2.24, 2.45) is 4.99 Å². The molecule has 0 fully saturated rings. The van der Waals surface area contributed by atoms with E-state index in [1.807, 2.05) is 32.0 Å². The second-order valence-corrected chi connectivity index (χ2v) is 5.88. The fourth-order valence-corrected chi connectivity index (χ4v) is 2.40. The normalized spacial score (nSPS) is 10.9. The molecule has 2 aromatic carbocycles. The highest BCUT2D eigenvalue weighted by Crippen LogP contribution is 2.28. The number of phenolic OH excluding ortho intramolecular Hbond substituents is 1. The number of hydrogen-bond acceptors (Lipinski definition) is 5. The van der Waals surface area contributed by atoms with Crippen molar-refractivity contribution in [3.05, 3.63) is 53.1 Å². The number of carbonyl (C=O) groups excluding carboxylic acids is 1. The topological polar surface area (TPSA) is 61.7 Å². The van der Waals surface area contributed by atoms with Crippen molar-refractivity contribution in [2.75, 3.05) is 5.32 Å². The summed E-state index contributed by atoms with van der Waals surface area (Å²) in [7, 11) is 0.832. The van der Waals surface area contributed by atoms with Crippen molar-refractivity contribution in [3.8, 4) is 5.75 Å². The summed E-state index contributed by atoms with van der Waals surface area (Å²) in [5.74, 6) is 0.191. The highest BCUT2D eigenvalue weighted by molar-refractivity contribution is 8.74. The minimum absolute atomic E-state index is 0.191. The Morgan fingerprint density at radius 1 is 1.27 bits per heavy atom. The fourth-order valence-electron chi connectivity index (χ4n) is 2.10. The lowest BCUT2D eigenvalue weighted by molar-refractivity contribution is 0.270. The molecule has 22 heavy (non-hydrogen) atoms. The number of anilines is 1. The van der Waals surface area contributed by atoms with Crippen LogP contribution in [0, 0.1) is 13.8 Å². The van der Waals surface area contributed by atoms with Gasteiger partial charge in [0.15, 0.2) is 0 Å². The number of nitrogens with one attached hydrogen (secondary N) is 1. The summed E-state index contributed by atoms with van der Waals surface area (Å²) in [6, 6.07) is 10.7. The lowest BCUT2D eigenvalue weighted by Crippen LogP contribution is -2.03. The monoisotopic (exact) mass is 332 g/mol. The second kappa shape index (κ2) is 7.38. The predicted octanol–water partition coefficient (Wildman–Crippen LogP) is 4.87. The van der Waals surface area contributed by atoms with Gasteiger partial charge in [-0.1, -0.05) is 12.1 Å². The number of thiol groups is 1. The molecule has 0 aromatic heterocycles. The van der Waals surface area contributed by atoms with E-state index < -0.39 is 0 Å². The number of amides is 1.